The van der Waals surface area contributed by atoms with Crippen LogP contribution in [0.5, 0.6) is 0 Å². The topological polar surface area (TPSA) is 107 Å². The second-order valence-corrected chi connectivity index (χ2v) is 23.8. The van der Waals surface area contributed by atoms with Crippen molar-refractivity contribution < 1.29 is 42.8 Å². The monoisotopic (exact) mass is 1170 g/mol. The minimum absolute atomic E-state index is 0.0686. The van der Waals surface area contributed by atoms with Crippen LogP contribution in [0.25, 0.3) is 64.6 Å². The van der Waals surface area contributed by atoms with Gasteiger partial charge in [0.15, 0.2) is 0 Å². The van der Waals surface area contributed by atoms with Gasteiger partial charge in [-0.15, -0.1) is 0 Å². The Hall–Kier alpha value is -7.17. The highest BCUT2D eigenvalue weighted by Crippen LogP contribution is 2.28. The molecule has 0 bridgehead atoms. The lowest BCUT2D eigenvalue weighted by atomic mass is 10.0. The van der Waals surface area contributed by atoms with Gasteiger partial charge in [0.25, 0.3) is 0 Å². The molecule has 9 aromatic rings. The number of unbranched alkanes of at least 4 members (excludes halogenated alkanes) is 21. The zero-order valence-corrected chi connectivity index (χ0v) is 51.5. The van der Waals surface area contributed by atoms with Crippen LogP contribution in [0.4, 0.5) is 0 Å². The Labute approximate surface area is 516 Å². The molecule has 9 nitrogen and oxygen atoms in total. The first-order chi connectivity index (χ1) is 42.9. The van der Waals surface area contributed by atoms with Gasteiger partial charge in [0.1, 0.15) is 6.10 Å². The first-order valence-electron chi connectivity index (χ1n) is 33.0. The van der Waals surface area contributed by atoms with Crippen LogP contribution in [0.1, 0.15) is 185 Å². The van der Waals surface area contributed by atoms with Crippen molar-refractivity contribution in [1.82, 2.24) is 0 Å². The van der Waals surface area contributed by atoms with E-state index in [1.165, 1.54) is 90.1 Å². The molecule has 0 radical (unpaired) electrons. The van der Waals surface area contributed by atoms with Crippen molar-refractivity contribution in [3.63, 3.8) is 0 Å². The highest BCUT2D eigenvalue weighted by atomic mass is 16.6. The van der Waals surface area contributed by atoms with Crippen molar-refractivity contribution in [2.75, 3.05) is 52.9 Å². The highest BCUT2D eigenvalue weighted by Gasteiger charge is 2.14. The van der Waals surface area contributed by atoms with Crippen molar-refractivity contribution in [3.05, 3.63) is 180 Å². The molecule has 0 aliphatic rings. The van der Waals surface area contributed by atoms with Gasteiger partial charge in [-0.25, -0.2) is 14.4 Å². The van der Waals surface area contributed by atoms with Gasteiger partial charge in [0.05, 0.1) is 49.7 Å². The summed E-state index contributed by atoms with van der Waals surface area (Å²) in [4.78, 5) is 38.5. The number of fused-ring (bicyclic) bond motifs is 6. The van der Waals surface area contributed by atoms with Gasteiger partial charge in [-0.05, 0) is 176 Å². The van der Waals surface area contributed by atoms with Crippen LogP contribution in [0.15, 0.2) is 164 Å². The average Bonchev–Trinajstić information content (AvgIpc) is 3.39. The Balaban J connectivity index is 0.581. The number of hydrogen-bond acceptors (Lipinski definition) is 9. The number of benzene rings is 9. The highest BCUT2D eigenvalue weighted by molar-refractivity contribution is 6.04. The molecule has 0 atom stereocenters. The lowest BCUT2D eigenvalue weighted by molar-refractivity contribution is -0.0616. The molecule has 0 unspecified atom stereocenters. The van der Waals surface area contributed by atoms with E-state index in [-0.39, 0.29) is 24.0 Å². The smallest absolute Gasteiger partial charge is 0.338 e. The van der Waals surface area contributed by atoms with Gasteiger partial charge in [0, 0.05) is 19.8 Å². The average molecular weight is 1170 g/mol. The zero-order chi connectivity index (χ0) is 59.9. The largest absolute Gasteiger partial charge is 0.462 e. The minimum atomic E-state index is -0.249. The molecule has 0 spiro atoms. The predicted octanol–water partition coefficient (Wildman–Crippen LogP) is 20.3. The third-order valence-corrected chi connectivity index (χ3v) is 16.9. The van der Waals surface area contributed by atoms with E-state index in [1.54, 1.807) is 0 Å². The Morgan fingerprint density at radius 3 is 0.759 bits per heavy atom. The molecular weight excluding hydrogens is 1080 g/mol. The maximum atomic E-state index is 12.8. The van der Waals surface area contributed by atoms with Crippen LogP contribution in [-0.4, -0.2) is 76.9 Å². The van der Waals surface area contributed by atoms with Crippen molar-refractivity contribution in [2.45, 2.75) is 160 Å². The predicted molar refractivity (Wildman–Crippen MR) is 357 cm³/mol. The molecule has 0 aromatic heterocycles. The van der Waals surface area contributed by atoms with Crippen molar-refractivity contribution in [3.8, 4) is 0 Å². The second-order valence-electron chi connectivity index (χ2n) is 23.8. The molecule has 0 heterocycles. The maximum absolute atomic E-state index is 12.8. The standard InChI is InChI=1S/C78H92O9/c79-76(69-40-37-66-49-60-31-19-22-34-63(60)52-72(66)55-69)85-46-28-16-10-3-1-7-13-25-43-82-58-75(84-45-27-15-9-5-6-12-18-30-48-87-78(81)71-42-39-68-51-62-33-21-24-36-65(62)54-74(68)57-71)59-83-44-26-14-8-2-4-11-17-29-47-86-77(80)70-41-38-67-50-61-32-20-23-35-64(61)53-73(67)56-70/h19-24,31-42,49-57,75H,1-18,25-30,43-48,58-59H2. The molecule has 0 saturated carbocycles. The van der Waals surface area contributed by atoms with Crippen molar-refractivity contribution in [1.29, 1.82) is 0 Å². The van der Waals surface area contributed by atoms with Gasteiger partial charge >= 0.3 is 17.9 Å². The summed E-state index contributed by atoms with van der Waals surface area (Å²) in [5, 5.41) is 13.6. The van der Waals surface area contributed by atoms with E-state index in [9.17, 15) is 14.4 Å². The molecular formula is C78H92O9. The molecule has 87 heavy (non-hydrogen) atoms. The van der Waals surface area contributed by atoms with Gasteiger partial charge in [-0.2, -0.15) is 0 Å². The molecule has 0 N–H and O–H groups in total. The van der Waals surface area contributed by atoms with E-state index < -0.39 is 0 Å². The van der Waals surface area contributed by atoms with Crippen LogP contribution in [-0.2, 0) is 28.4 Å². The van der Waals surface area contributed by atoms with E-state index >= 15 is 0 Å². The summed E-state index contributed by atoms with van der Waals surface area (Å²) in [6.45, 7) is 4.65. The number of rotatable bonds is 41. The summed E-state index contributed by atoms with van der Waals surface area (Å²) in [6, 6.07) is 55.3. The molecule has 0 saturated heterocycles. The van der Waals surface area contributed by atoms with E-state index in [0.717, 1.165) is 142 Å². The molecule has 9 aromatic carbocycles. The summed E-state index contributed by atoms with van der Waals surface area (Å²) < 4.78 is 35.7. The number of carbonyl (C=O) groups is 3. The molecule has 9 rings (SSSR count). The molecule has 458 valence electrons. The van der Waals surface area contributed by atoms with Crippen LogP contribution in [0, 0.1) is 0 Å². The summed E-state index contributed by atoms with van der Waals surface area (Å²) in [6.07, 6.45) is 26.6. The van der Waals surface area contributed by atoms with E-state index in [0.29, 0.717) is 56.3 Å². The summed E-state index contributed by atoms with van der Waals surface area (Å²) in [7, 11) is 0. The molecule has 9 heteroatoms. The van der Waals surface area contributed by atoms with Crippen LogP contribution in [0.2, 0.25) is 0 Å². The number of hydrogen-bond donors (Lipinski definition) is 0. The van der Waals surface area contributed by atoms with Crippen LogP contribution >= 0.6 is 0 Å². The molecule has 0 fully saturated rings. The molecule has 0 amide bonds. The lowest BCUT2D eigenvalue weighted by Crippen LogP contribution is -2.26. The zero-order valence-electron chi connectivity index (χ0n) is 51.5. The van der Waals surface area contributed by atoms with Gasteiger partial charge in [0.2, 0.25) is 0 Å². The fraction of sp³-hybridized carbons (Fsp3) is 0.423. The third-order valence-electron chi connectivity index (χ3n) is 16.9. The van der Waals surface area contributed by atoms with Crippen molar-refractivity contribution >= 4 is 82.5 Å². The van der Waals surface area contributed by atoms with E-state index in [4.69, 9.17) is 28.4 Å². The fourth-order valence-corrected chi connectivity index (χ4v) is 11.8. The van der Waals surface area contributed by atoms with Gasteiger partial charge in [-0.1, -0.05) is 207 Å². The Morgan fingerprint density at radius 2 is 0.471 bits per heavy atom. The minimum Gasteiger partial charge on any atom is -0.462 e. The van der Waals surface area contributed by atoms with Crippen molar-refractivity contribution in [2.24, 2.45) is 0 Å². The Kier molecular flexibility index (Phi) is 26.8. The quantitative estimate of drug-likeness (QED) is 0.0160. The number of esters is 3. The Morgan fingerprint density at radius 1 is 0.241 bits per heavy atom. The second kappa shape index (κ2) is 36.2. The van der Waals surface area contributed by atoms with Gasteiger partial charge < -0.3 is 28.4 Å². The maximum Gasteiger partial charge on any atom is 0.338 e. The SMILES string of the molecule is O=C(OCCCCCCCCCCOCC(COCCCCCCCCCCOC(=O)c1ccc2cc3ccccc3cc2c1)OCCCCCCCCCCOC(=O)c1ccc2cc3ccccc3cc2c1)c1ccc2cc3ccccc3cc2c1. The first kappa shape index (κ1) is 64.3. The van der Waals surface area contributed by atoms with Crippen LogP contribution in [0.3, 0.4) is 0 Å². The van der Waals surface area contributed by atoms with E-state index in [2.05, 4.69) is 72.8 Å². The van der Waals surface area contributed by atoms with Crippen LogP contribution < -0.4 is 0 Å². The summed E-state index contributed by atoms with van der Waals surface area (Å²) in [5.41, 5.74) is 1.82. The summed E-state index contributed by atoms with van der Waals surface area (Å²) >= 11 is 0. The number of carbonyl (C=O) groups excluding carboxylic acids is 3. The normalized spacial score (nSPS) is 11.7. The van der Waals surface area contributed by atoms with E-state index in [1.807, 2.05) is 91.0 Å². The third kappa shape index (κ3) is 21.3. The first-order valence-corrected chi connectivity index (χ1v) is 33.0. The molecule has 0 aliphatic carbocycles. The number of ether oxygens (including phenoxy) is 6. The lowest BCUT2D eigenvalue weighted by Gasteiger charge is -2.18. The fourth-order valence-electron chi connectivity index (χ4n) is 11.8. The van der Waals surface area contributed by atoms with Gasteiger partial charge in [-0.3, -0.25) is 0 Å². The molecule has 0 aliphatic heterocycles. The summed E-state index contributed by atoms with van der Waals surface area (Å²) in [5.74, 6) is -0.745. The Bertz CT molecular complexity index is 3410.